The monoisotopic (exact) mass is 462 g/mol. The Morgan fingerprint density at radius 2 is 1.97 bits per heavy atom. The molecule has 1 atom stereocenters. The van der Waals surface area contributed by atoms with E-state index in [2.05, 4.69) is 15.4 Å². The number of aliphatic carboxylic acids is 1. The Morgan fingerprint density at radius 3 is 2.73 bits per heavy atom. The molecule has 0 saturated carbocycles. The molecule has 1 unspecified atom stereocenters. The molecule has 4 rings (SSSR count). The third kappa shape index (κ3) is 5.22. The molecular weight excluding hydrogens is 440 g/mol. The van der Waals surface area contributed by atoms with Crippen molar-refractivity contribution in [3.63, 3.8) is 0 Å². The highest BCUT2D eigenvalue weighted by Gasteiger charge is 2.13. The first-order valence-corrected chi connectivity index (χ1v) is 10.8. The van der Waals surface area contributed by atoms with Crippen molar-refractivity contribution in [3.05, 3.63) is 77.3 Å². The molecule has 168 valence electrons. The van der Waals surface area contributed by atoms with Gasteiger partial charge in [0.2, 0.25) is 0 Å². The van der Waals surface area contributed by atoms with Gasteiger partial charge in [0.15, 0.2) is 5.82 Å². The molecular formula is C25H23ClN4O3. The summed E-state index contributed by atoms with van der Waals surface area (Å²) in [6.45, 7) is 0.0182. The van der Waals surface area contributed by atoms with E-state index < -0.39 is 12.1 Å². The Bertz CT molecular complexity index is 1320. The van der Waals surface area contributed by atoms with Crippen molar-refractivity contribution in [2.75, 3.05) is 11.9 Å². The fourth-order valence-corrected chi connectivity index (χ4v) is 3.88. The van der Waals surface area contributed by atoms with Gasteiger partial charge in [-0.15, -0.1) is 0 Å². The number of anilines is 2. The van der Waals surface area contributed by atoms with Crippen molar-refractivity contribution < 1.29 is 15.0 Å². The second-order valence-electron chi connectivity index (χ2n) is 7.65. The zero-order chi connectivity index (χ0) is 23.4. The molecule has 33 heavy (non-hydrogen) atoms. The van der Waals surface area contributed by atoms with Crippen LogP contribution >= 0.6 is 11.6 Å². The lowest BCUT2D eigenvalue weighted by Gasteiger charge is -2.11. The number of aliphatic hydroxyl groups is 1. The lowest BCUT2D eigenvalue weighted by atomic mass is 10.0. The maximum absolute atomic E-state index is 10.7. The number of aromatic nitrogens is 2. The standard InChI is InChI=1S/C25H23ClN4O3/c1-30-22-11-10-16(14-27-15-18(31)13-23(32)33)12-20(22)25(29-30)28-21-9-5-8-19(24(21)26)17-6-3-2-4-7-17/h2-12,14,18,31H,13,15H2,1H3,(H,28,29)(H,32,33). The van der Waals surface area contributed by atoms with Crippen LogP contribution in [0.4, 0.5) is 11.5 Å². The van der Waals surface area contributed by atoms with Gasteiger partial charge in [-0.25, -0.2) is 0 Å². The number of hydrogen-bond donors (Lipinski definition) is 3. The molecule has 0 amide bonds. The second kappa shape index (κ2) is 9.85. The van der Waals surface area contributed by atoms with E-state index in [1.165, 1.54) is 0 Å². The average Bonchev–Trinajstić information content (AvgIpc) is 3.10. The molecule has 0 bridgehead atoms. The number of halogens is 1. The molecule has 7 nitrogen and oxygen atoms in total. The number of aliphatic imine (C=N–C) groups is 1. The van der Waals surface area contributed by atoms with Crippen molar-refractivity contribution in [2.45, 2.75) is 12.5 Å². The number of carboxylic acid groups (broad SMARTS) is 1. The normalized spacial score (nSPS) is 12.3. The SMILES string of the molecule is Cn1nc(Nc2cccc(-c3ccccc3)c2Cl)c2cc(C=NCC(O)CC(=O)O)ccc21. The predicted molar refractivity (Wildman–Crippen MR) is 132 cm³/mol. The highest BCUT2D eigenvalue weighted by molar-refractivity contribution is 6.36. The van der Waals surface area contributed by atoms with Crippen molar-refractivity contribution >= 4 is 46.2 Å². The second-order valence-corrected chi connectivity index (χ2v) is 8.03. The van der Waals surface area contributed by atoms with Gasteiger partial charge in [-0.3, -0.25) is 14.5 Å². The van der Waals surface area contributed by atoms with Gasteiger partial charge < -0.3 is 15.5 Å². The molecule has 8 heteroatoms. The number of aliphatic hydroxyl groups excluding tert-OH is 1. The van der Waals surface area contributed by atoms with Crippen molar-refractivity contribution in [2.24, 2.45) is 12.0 Å². The van der Waals surface area contributed by atoms with Crippen molar-refractivity contribution in [3.8, 4) is 11.1 Å². The van der Waals surface area contributed by atoms with E-state index in [1.54, 1.807) is 10.9 Å². The summed E-state index contributed by atoms with van der Waals surface area (Å²) < 4.78 is 1.78. The molecule has 0 aliphatic carbocycles. The molecule has 4 aromatic rings. The molecule has 1 aromatic heterocycles. The lowest BCUT2D eigenvalue weighted by Crippen LogP contribution is -2.16. The summed E-state index contributed by atoms with van der Waals surface area (Å²) in [6.07, 6.45) is 0.261. The fourth-order valence-electron chi connectivity index (χ4n) is 3.60. The van der Waals surface area contributed by atoms with Gasteiger partial charge in [0.05, 0.1) is 35.3 Å². The van der Waals surface area contributed by atoms with Crippen LogP contribution in [0.15, 0.2) is 71.7 Å². The number of benzene rings is 3. The van der Waals surface area contributed by atoms with Crippen LogP contribution in [0.5, 0.6) is 0 Å². The quantitative estimate of drug-likeness (QED) is 0.324. The first-order chi connectivity index (χ1) is 15.9. The topological polar surface area (TPSA) is 99.7 Å². The largest absolute Gasteiger partial charge is 0.481 e. The molecule has 1 heterocycles. The Morgan fingerprint density at radius 1 is 1.18 bits per heavy atom. The zero-order valence-corrected chi connectivity index (χ0v) is 18.7. The Hall–Kier alpha value is -3.68. The minimum atomic E-state index is -1.06. The zero-order valence-electron chi connectivity index (χ0n) is 17.9. The first kappa shape index (κ1) is 22.5. The smallest absolute Gasteiger partial charge is 0.306 e. The van der Waals surface area contributed by atoms with Gasteiger partial charge in [0, 0.05) is 24.2 Å². The number of hydrogen-bond acceptors (Lipinski definition) is 5. The molecule has 0 aliphatic heterocycles. The van der Waals surface area contributed by atoms with E-state index in [9.17, 15) is 9.90 Å². The lowest BCUT2D eigenvalue weighted by molar-refractivity contribution is -0.139. The molecule has 0 radical (unpaired) electrons. The summed E-state index contributed by atoms with van der Waals surface area (Å²) in [6, 6.07) is 21.5. The van der Waals surface area contributed by atoms with Gasteiger partial charge in [0.25, 0.3) is 0 Å². The van der Waals surface area contributed by atoms with E-state index in [0.29, 0.717) is 10.8 Å². The van der Waals surface area contributed by atoms with Crippen LogP contribution in [0.25, 0.3) is 22.0 Å². The predicted octanol–water partition coefficient (Wildman–Crippen LogP) is 4.89. The van der Waals surface area contributed by atoms with E-state index in [0.717, 1.165) is 33.3 Å². The van der Waals surface area contributed by atoms with E-state index in [1.807, 2.05) is 73.8 Å². The van der Waals surface area contributed by atoms with Crippen LogP contribution in [-0.2, 0) is 11.8 Å². The number of carbonyl (C=O) groups is 1. The minimum absolute atomic E-state index is 0.0182. The highest BCUT2D eigenvalue weighted by atomic mass is 35.5. The number of fused-ring (bicyclic) bond motifs is 1. The van der Waals surface area contributed by atoms with Gasteiger partial charge >= 0.3 is 5.97 Å². The van der Waals surface area contributed by atoms with Crippen molar-refractivity contribution in [1.82, 2.24) is 9.78 Å². The fraction of sp³-hybridized carbons (Fsp3) is 0.160. The molecule has 0 aliphatic rings. The third-order valence-corrected chi connectivity index (χ3v) is 5.58. The van der Waals surface area contributed by atoms with E-state index in [4.69, 9.17) is 16.7 Å². The summed E-state index contributed by atoms with van der Waals surface area (Å²) in [5.41, 5.74) is 4.44. The summed E-state index contributed by atoms with van der Waals surface area (Å²) in [4.78, 5) is 14.8. The Kier molecular flexibility index (Phi) is 6.72. The maximum Gasteiger partial charge on any atom is 0.306 e. The van der Waals surface area contributed by atoms with Crippen LogP contribution in [0.2, 0.25) is 5.02 Å². The number of aryl methyl sites for hydroxylation is 1. The molecule has 0 fully saturated rings. The molecule has 0 spiro atoms. The van der Waals surface area contributed by atoms with Crippen LogP contribution in [0, 0.1) is 0 Å². The number of nitrogens with one attached hydrogen (secondary N) is 1. The number of carboxylic acids is 1. The first-order valence-electron chi connectivity index (χ1n) is 10.4. The van der Waals surface area contributed by atoms with Gasteiger partial charge in [-0.2, -0.15) is 5.10 Å². The molecule has 0 saturated heterocycles. The highest BCUT2D eigenvalue weighted by Crippen LogP contribution is 2.36. The Balaban J connectivity index is 1.61. The average molecular weight is 463 g/mol. The van der Waals surface area contributed by atoms with Crippen LogP contribution in [-0.4, -0.2) is 44.8 Å². The number of rotatable bonds is 8. The van der Waals surface area contributed by atoms with Crippen LogP contribution < -0.4 is 5.32 Å². The summed E-state index contributed by atoms with van der Waals surface area (Å²) >= 11 is 6.73. The van der Waals surface area contributed by atoms with Gasteiger partial charge in [-0.1, -0.05) is 60.1 Å². The minimum Gasteiger partial charge on any atom is -0.481 e. The van der Waals surface area contributed by atoms with Crippen LogP contribution in [0.3, 0.4) is 0 Å². The summed E-state index contributed by atoms with van der Waals surface area (Å²) in [5.74, 6) is -0.402. The van der Waals surface area contributed by atoms with Gasteiger partial charge in [0.1, 0.15) is 0 Å². The Labute approximate surface area is 196 Å². The molecule has 3 aromatic carbocycles. The van der Waals surface area contributed by atoms with E-state index >= 15 is 0 Å². The third-order valence-electron chi connectivity index (χ3n) is 5.18. The number of nitrogens with zero attached hydrogens (tertiary/aromatic N) is 3. The van der Waals surface area contributed by atoms with Crippen molar-refractivity contribution in [1.29, 1.82) is 0 Å². The summed E-state index contributed by atoms with van der Waals surface area (Å²) in [7, 11) is 1.87. The maximum atomic E-state index is 10.7. The van der Waals surface area contributed by atoms with Gasteiger partial charge in [-0.05, 0) is 29.3 Å². The van der Waals surface area contributed by atoms with E-state index in [-0.39, 0.29) is 13.0 Å². The van der Waals surface area contributed by atoms with Crippen LogP contribution in [0.1, 0.15) is 12.0 Å². The summed E-state index contributed by atoms with van der Waals surface area (Å²) in [5, 5.41) is 27.9. The molecule has 3 N–H and O–H groups in total.